The lowest BCUT2D eigenvalue weighted by molar-refractivity contribution is 0.670. The standard InChI is InChI=1S/C44H25N3O/c45-25-27-14-19-39-35(22-27)36-23-29(16-20-40(36)47(39)32-10-2-1-3-11-32)31-15-18-38(46-26-31)37-24-30-9-5-7-13-34(30)43-42-33-12-6-4-8-28(33)17-21-41(42)48-44(37)43/h1-24,26H. The van der Waals surface area contributed by atoms with E-state index in [1.807, 2.05) is 30.5 Å². The predicted molar refractivity (Wildman–Crippen MR) is 196 cm³/mol. The third kappa shape index (κ3) is 3.85. The Kier molecular flexibility index (Phi) is 5.61. The molecule has 0 atom stereocenters. The summed E-state index contributed by atoms with van der Waals surface area (Å²) in [7, 11) is 0. The van der Waals surface area contributed by atoms with Gasteiger partial charge in [0.2, 0.25) is 0 Å². The fourth-order valence-corrected chi connectivity index (χ4v) is 7.43. The van der Waals surface area contributed by atoms with Crippen LogP contribution >= 0.6 is 0 Å². The molecule has 0 bridgehead atoms. The van der Waals surface area contributed by atoms with Crippen molar-refractivity contribution in [2.24, 2.45) is 0 Å². The molecule has 0 spiro atoms. The van der Waals surface area contributed by atoms with E-state index in [-0.39, 0.29) is 0 Å². The van der Waals surface area contributed by atoms with Crippen molar-refractivity contribution in [3.8, 4) is 34.1 Å². The van der Waals surface area contributed by atoms with E-state index in [1.54, 1.807) is 0 Å². The number of nitrogens with zero attached hydrogens (tertiary/aromatic N) is 3. The first-order chi connectivity index (χ1) is 23.7. The van der Waals surface area contributed by atoms with Gasteiger partial charge in [-0.1, -0.05) is 84.9 Å². The van der Waals surface area contributed by atoms with Crippen LogP contribution < -0.4 is 0 Å². The van der Waals surface area contributed by atoms with Crippen LogP contribution in [-0.4, -0.2) is 9.55 Å². The summed E-state index contributed by atoms with van der Waals surface area (Å²) in [6, 6.07) is 52.8. The first-order valence-corrected chi connectivity index (χ1v) is 16.0. The van der Waals surface area contributed by atoms with Gasteiger partial charge in [-0.3, -0.25) is 4.98 Å². The van der Waals surface area contributed by atoms with E-state index in [9.17, 15) is 5.26 Å². The number of hydrogen-bond acceptors (Lipinski definition) is 3. The molecule has 222 valence electrons. The molecule has 10 aromatic rings. The summed E-state index contributed by atoms with van der Waals surface area (Å²) in [4.78, 5) is 5.03. The lowest BCUT2D eigenvalue weighted by Gasteiger charge is -2.09. The molecule has 0 amide bonds. The van der Waals surface area contributed by atoms with Gasteiger partial charge in [-0.25, -0.2) is 0 Å². The van der Waals surface area contributed by atoms with Crippen molar-refractivity contribution in [3.05, 3.63) is 157 Å². The summed E-state index contributed by atoms with van der Waals surface area (Å²) in [5.74, 6) is 0. The molecule has 0 saturated carbocycles. The first-order valence-electron chi connectivity index (χ1n) is 16.0. The molecule has 4 heteroatoms. The highest BCUT2D eigenvalue weighted by atomic mass is 16.3. The fourth-order valence-electron chi connectivity index (χ4n) is 7.43. The number of fused-ring (bicyclic) bond motifs is 10. The molecule has 3 aromatic heterocycles. The number of furan rings is 1. The van der Waals surface area contributed by atoms with Crippen molar-refractivity contribution >= 4 is 65.3 Å². The number of benzene rings is 7. The van der Waals surface area contributed by atoms with Crippen molar-refractivity contribution in [3.63, 3.8) is 0 Å². The van der Waals surface area contributed by atoms with Gasteiger partial charge < -0.3 is 8.98 Å². The summed E-state index contributed by atoms with van der Waals surface area (Å²) >= 11 is 0. The van der Waals surface area contributed by atoms with E-state index in [2.05, 4.69) is 132 Å². The fraction of sp³-hybridized carbons (Fsp3) is 0. The molecule has 0 unspecified atom stereocenters. The average molecular weight is 612 g/mol. The second-order valence-electron chi connectivity index (χ2n) is 12.3. The minimum Gasteiger partial charge on any atom is -0.455 e. The molecular weight excluding hydrogens is 587 g/mol. The molecule has 48 heavy (non-hydrogen) atoms. The topological polar surface area (TPSA) is 54.8 Å². The summed E-state index contributed by atoms with van der Waals surface area (Å²) in [5.41, 5.74) is 9.53. The highest BCUT2D eigenvalue weighted by Crippen LogP contribution is 2.43. The SMILES string of the molecule is N#Cc1ccc2c(c1)c1cc(-c3ccc(-c4cc5ccccc5c5c4oc4ccc6ccccc6c45)nc3)ccc1n2-c1ccccc1. The van der Waals surface area contributed by atoms with Crippen LogP contribution in [0.5, 0.6) is 0 Å². The Morgan fingerprint density at radius 1 is 0.562 bits per heavy atom. The van der Waals surface area contributed by atoms with Crippen molar-refractivity contribution in [2.75, 3.05) is 0 Å². The summed E-state index contributed by atoms with van der Waals surface area (Å²) in [6.45, 7) is 0. The van der Waals surface area contributed by atoms with Gasteiger partial charge in [0.05, 0.1) is 28.4 Å². The maximum atomic E-state index is 9.69. The Bertz CT molecular complexity index is 2940. The van der Waals surface area contributed by atoms with Crippen LogP contribution in [0.15, 0.2) is 156 Å². The van der Waals surface area contributed by atoms with Gasteiger partial charge in [0.15, 0.2) is 0 Å². The highest BCUT2D eigenvalue weighted by Gasteiger charge is 2.19. The molecule has 3 heterocycles. The van der Waals surface area contributed by atoms with E-state index in [0.29, 0.717) is 5.56 Å². The van der Waals surface area contributed by atoms with Crippen LogP contribution in [0.1, 0.15) is 5.56 Å². The van der Waals surface area contributed by atoms with E-state index >= 15 is 0 Å². The van der Waals surface area contributed by atoms with Gasteiger partial charge >= 0.3 is 0 Å². The number of para-hydroxylation sites is 1. The van der Waals surface area contributed by atoms with Crippen LogP contribution in [0.25, 0.3) is 93.4 Å². The van der Waals surface area contributed by atoms with Gasteiger partial charge in [-0.2, -0.15) is 5.26 Å². The first kappa shape index (κ1) is 26.5. The molecule has 0 aliphatic carbocycles. The van der Waals surface area contributed by atoms with Crippen LogP contribution in [-0.2, 0) is 0 Å². The summed E-state index contributed by atoms with van der Waals surface area (Å²) < 4.78 is 8.91. The Hall–Kier alpha value is -6.70. The maximum Gasteiger partial charge on any atom is 0.145 e. The van der Waals surface area contributed by atoms with Crippen LogP contribution in [0.2, 0.25) is 0 Å². The second kappa shape index (κ2) is 10.2. The van der Waals surface area contributed by atoms with Crippen LogP contribution in [0, 0.1) is 11.3 Å². The zero-order valence-corrected chi connectivity index (χ0v) is 25.7. The number of hydrogen-bond donors (Lipinski definition) is 0. The Labute approximate surface area is 275 Å². The van der Waals surface area contributed by atoms with E-state index in [0.717, 1.165) is 77.2 Å². The van der Waals surface area contributed by atoms with E-state index in [4.69, 9.17) is 9.40 Å². The van der Waals surface area contributed by atoms with Gasteiger partial charge in [0.25, 0.3) is 0 Å². The lowest BCUT2D eigenvalue weighted by atomic mass is 9.96. The molecule has 0 aliphatic rings. The zero-order chi connectivity index (χ0) is 31.8. The minimum atomic E-state index is 0.645. The molecule has 0 N–H and O–H groups in total. The molecule has 0 saturated heterocycles. The third-order valence-corrected chi connectivity index (χ3v) is 9.64. The Balaban J connectivity index is 1.15. The zero-order valence-electron chi connectivity index (χ0n) is 25.7. The largest absolute Gasteiger partial charge is 0.455 e. The van der Waals surface area contributed by atoms with Crippen molar-refractivity contribution < 1.29 is 4.42 Å². The Morgan fingerprint density at radius 2 is 1.27 bits per heavy atom. The second-order valence-corrected chi connectivity index (χ2v) is 12.3. The smallest absolute Gasteiger partial charge is 0.145 e. The minimum absolute atomic E-state index is 0.645. The molecule has 4 nitrogen and oxygen atoms in total. The van der Waals surface area contributed by atoms with Gasteiger partial charge in [0, 0.05) is 44.6 Å². The van der Waals surface area contributed by atoms with Crippen molar-refractivity contribution in [2.45, 2.75) is 0 Å². The van der Waals surface area contributed by atoms with E-state index < -0.39 is 0 Å². The maximum absolute atomic E-state index is 9.69. The average Bonchev–Trinajstić information content (AvgIpc) is 3.71. The van der Waals surface area contributed by atoms with Gasteiger partial charge in [0.1, 0.15) is 11.2 Å². The van der Waals surface area contributed by atoms with Crippen molar-refractivity contribution in [1.29, 1.82) is 5.26 Å². The lowest BCUT2D eigenvalue weighted by Crippen LogP contribution is -1.93. The number of aromatic nitrogens is 2. The number of rotatable bonds is 3. The number of pyridine rings is 1. The van der Waals surface area contributed by atoms with Crippen LogP contribution in [0.4, 0.5) is 0 Å². The molecule has 0 aliphatic heterocycles. The Morgan fingerprint density at radius 3 is 2.06 bits per heavy atom. The molecule has 0 radical (unpaired) electrons. The summed E-state index contributed by atoms with van der Waals surface area (Å²) in [5, 5.41) is 18.8. The number of nitriles is 1. The van der Waals surface area contributed by atoms with E-state index in [1.165, 1.54) is 16.2 Å². The molecule has 10 rings (SSSR count). The summed E-state index contributed by atoms with van der Waals surface area (Å²) in [6.07, 6.45) is 1.95. The van der Waals surface area contributed by atoms with Gasteiger partial charge in [-0.15, -0.1) is 0 Å². The van der Waals surface area contributed by atoms with Crippen LogP contribution in [0.3, 0.4) is 0 Å². The predicted octanol–water partition coefficient (Wildman–Crippen LogP) is 11.6. The quantitative estimate of drug-likeness (QED) is 0.200. The molecule has 7 aromatic carbocycles. The normalized spacial score (nSPS) is 11.7. The third-order valence-electron chi connectivity index (χ3n) is 9.64. The monoisotopic (exact) mass is 611 g/mol. The molecule has 0 fully saturated rings. The molecular formula is C44H25N3O. The van der Waals surface area contributed by atoms with Gasteiger partial charge in [-0.05, 0) is 87.8 Å². The highest BCUT2D eigenvalue weighted by molar-refractivity contribution is 6.28. The van der Waals surface area contributed by atoms with Crippen molar-refractivity contribution in [1.82, 2.24) is 9.55 Å².